The van der Waals surface area contributed by atoms with Crippen LogP contribution in [0.4, 0.5) is 5.95 Å². The number of fused-ring (bicyclic) bond motifs is 1. The highest BCUT2D eigenvalue weighted by Gasteiger charge is 2.30. The van der Waals surface area contributed by atoms with E-state index in [1.54, 1.807) is 20.5 Å². The largest absolute Gasteiger partial charge is 0.493 e. The lowest BCUT2D eigenvalue weighted by Gasteiger charge is -2.32. The summed E-state index contributed by atoms with van der Waals surface area (Å²) < 4.78 is 13.8. The molecule has 0 bridgehead atoms. The van der Waals surface area contributed by atoms with Crippen molar-refractivity contribution >= 4 is 21.9 Å². The summed E-state index contributed by atoms with van der Waals surface area (Å²) in [6.07, 6.45) is 2.44. The minimum absolute atomic E-state index is 0.0576. The Labute approximate surface area is 160 Å². The van der Waals surface area contributed by atoms with E-state index < -0.39 is 0 Å². The van der Waals surface area contributed by atoms with Crippen LogP contribution in [0.15, 0.2) is 53.3 Å². The molecular weight excluding hydrogens is 396 g/mol. The van der Waals surface area contributed by atoms with Gasteiger partial charge in [-0.3, -0.25) is 0 Å². The maximum atomic E-state index is 5.47. The molecule has 2 aromatic carbocycles. The molecule has 7 heteroatoms. The minimum Gasteiger partial charge on any atom is -0.493 e. The first-order valence-corrected chi connectivity index (χ1v) is 9.12. The molecule has 3 aromatic rings. The van der Waals surface area contributed by atoms with E-state index in [4.69, 9.17) is 9.47 Å². The average molecular weight is 415 g/mol. The summed E-state index contributed by atoms with van der Waals surface area (Å²) in [5.74, 6) is 2.20. The summed E-state index contributed by atoms with van der Waals surface area (Å²) in [5, 5.41) is 7.90. The Kier molecular flexibility index (Phi) is 4.55. The zero-order valence-corrected chi connectivity index (χ0v) is 16.1. The number of aromatic nitrogens is 3. The van der Waals surface area contributed by atoms with Gasteiger partial charge in [-0.1, -0.05) is 34.1 Å². The zero-order chi connectivity index (χ0) is 18.1. The van der Waals surface area contributed by atoms with Gasteiger partial charge in [0, 0.05) is 4.47 Å². The highest BCUT2D eigenvalue weighted by molar-refractivity contribution is 9.10. The van der Waals surface area contributed by atoms with Crippen molar-refractivity contribution in [3.05, 3.63) is 64.4 Å². The maximum Gasteiger partial charge on any atom is 0.222 e. The molecule has 1 aromatic heterocycles. The van der Waals surface area contributed by atoms with E-state index in [9.17, 15) is 0 Å². The van der Waals surface area contributed by atoms with E-state index in [0.717, 1.165) is 22.4 Å². The molecule has 26 heavy (non-hydrogen) atoms. The van der Waals surface area contributed by atoms with Gasteiger partial charge in [-0.15, -0.1) is 0 Å². The minimum atomic E-state index is 0.0576. The van der Waals surface area contributed by atoms with Crippen molar-refractivity contribution in [2.45, 2.75) is 18.5 Å². The predicted octanol–water partition coefficient (Wildman–Crippen LogP) is 4.20. The van der Waals surface area contributed by atoms with Crippen molar-refractivity contribution in [1.82, 2.24) is 14.8 Å². The van der Waals surface area contributed by atoms with Gasteiger partial charge in [0.25, 0.3) is 0 Å². The van der Waals surface area contributed by atoms with Crippen molar-refractivity contribution in [3.8, 4) is 11.5 Å². The molecule has 0 aliphatic carbocycles. The van der Waals surface area contributed by atoms with Crippen LogP contribution in [0.25, 0.3) is 0 Å². The quantitative estimate of drug-likeness (QED) is 0.692. The lowest BCUT2D eigenvalue weighted by Crippen LogP contribution is -2.28. The first-order chi connectivity index (χ1) is 12.7. The first-order valence-electron chi connectivity index (χ1n) is 8.33. The molecule has 6 nitrogen and oxygen atoms in total. The summed E-state index contributed by atoms with van der Waals surface area (Å²) in [5.41, 5.74) is 2.32. The Morgan fingerprint density at radius 2 is 1.77 bits per heavy atom. The summed E-state index contributed by atoms with van der Waals surface area (Å²) in [7, 11) is 3.29. The lowest BCUT2D eigenvalue weighted by atomic mass is 9.93. The third-order valence-electron chi connectivity index (χ3n) is 4.70. The van der Waals surface area contributed by atoms with Crippen LogP contribution in [-0.4, -0.2) is 29.0 Å². The van der Waals surface area contributed by atoms with E-state index in [1.807, 2.05) is 16.8 Å². The van der Waals surface area contributed by atoms with Crippen LogP contribution in [-0.2, 0) is 0 Å². The van der Waals surface area contributed by atoms with Crippen LogP contribution < -0.4 is 14.8 Å². The average Bonchev–Trinajstić information content (AvgIpc) is 3.16. The van der Waals surface area contributed by atoms with Gasteiger partial charge in [-0.25, -0.2) is 4.68 Å². The third-order valence-corrected chi connectivity index (χ3v) is 5.22. The van der Waals surface area contributed by atoms with Crippen molar-refractivity contribution in [1.29, 1.82) is 0 Å². The second kappa shape index (κ2) is 6.99. The number of hydrogen-bond acceptors (Lipinski definition) is 5. The van der Waals surface area contributed by atoms with Crippen LogP contribution in [0.5, 0.6) is 11.5 Å². The van der Waals surface area contributed by atoms with E-state index in [-0.39, 0.29) is 12.1 Å². The van der Waals surface area contributed by atoms with Crippen LogP contribution in [0, 0.1) is 0 Å². The molecule has 0 amide bonds. The Morgan fingerprint density at radius 3 is 2.50 bits per heavy atom. The highest BCUT2D eigenvalue weighted by atomic mass is 79.9. The van der Waals surface area contributed by atoms with Crippen LogP contribution in [0.1, 0.15) is 29.6 Å². The number of anilines is 1. The fourth-order valence-electron chi connectivity index (χ4n) is 3.37. The van der Waals surface area contributed by atoms with E-state index in [2.05, 4.69) is 61.7 Å². The van der Waals surface area contributed by atoms with E-state index in [0.29, 0.717) is 11.5 Å². The second-order valence-electron chi connectivity index (χ2n) is 6.14. The third kappa shape index (κ3) is 3.03. The number of nitrogens with zero attached hydrogens (tertiary/aromatic N) is 3. The van der Waals surface area contributed by atoms with E-state index >= 15 is 0 Å². The normalized spacial score (nSPS) is 18.7. The first kappa shape index (κ1) is 16.9. The topological polar surface area (TPSA) is 61.2 Å². The molecule has 4 rings (SSSR count). The number of methoxy groups -OCH3 is 2. The van der Waals surface area contributed by atoms with Crippen molar-refractivity contribution in [2.24, 2.45) is 0 Å². The second-order valence-corrected chi connectivity index (χ2v) is 7.06. The van der Waals surface area contributed by atoms with Gasteiger partial charge in [-0.2, -0.15) is 10.1 Å². The zero-order valence-electron chi connectivity index (χ0n) is 14.5. The van der Waals surface area contributed by atoms with Gasteiger partial charge in [0.05, 0.1) is 26.3 Å². The van der Waals surface area contributed by atoms with Gasteiger partial charge < -0.3 is 14.8 Å². The van der Waals surface area contributed by atoms with Crippen molar-refractivity contribution < 1.29 is 9.47 Å². The standard InChI is InChI=1S/C19H19BrN4O2/c1-25-17-8-5-13(9-18(17)26-2)16-10-15(12-3-6-14(20)7-4-12)23-19-21-11-22-24(16)19/h3-9,11,15-16H,10H2,1-2H3,(H,21,22,23)/t15-,16-/m0/s1. The lowest BCUT2D eigenvalue weighted by molar-refractivity contribution is 0.352. The van der Waals surface area contributed by atoms with Crippen molar-refractivity contribution in [2.75, 3.05) is 19.5 Å². The number of hydrogen-bond donors (Lipinski definition) is 1. The van der Waals surface area contributed by atoms with Crippen LogP contribution in [0.2, 0.25) is 0 Å². The van der Waals surface area contributed by atoms with Gasteiger partial charge in [0.15, 0.2) is 11.5 Å². The molecule has 1 N–H and O–H groups in total. The molecule has 0 radical (unpaired) electrons. The van der Waals surface area contributed by atoms with Gasteiger partial charge in [-0.05, 0) is 41.8 Å². The molecule has 0 saturated heterocycles. The summed E-state index contributed by atoms with van der Waals surface area (Å²) in [6.45, 7) is 0. The highest BCUT2D eigenvalue weighted by Crippen LogP contribution is 2.40. The molecule has 0 spiro atoms. The smallest absolute Gasteiger partial charge is 0.222 e. The van der Waals surface area contributed by atoms with Gasteiger partial charge in [0.2, 0.25) is 5.95 Å². The molecule has 0 saturated carbocycles. The number of rotatable bonds is 4. The molecule has 0 unspecified atom stereocenters. The van der Waals surface area contributed by atoms with Crippen LogP contribution in [0.3, 0.4) is 0 Å². The summed E-state index contributed by atoms with van der Waals surface area (Å²) in [6, 6.07) is 14.6. The Morgan fingerprint density at radius 1 is 1.04 bits per heavy atom. The molecule has 134 valence electrons. The molecular formula is C19H19BrN4O2. The molecule has 1 aliphatic rings. The summed E-state index contributed by atoms with van der Waals surface area (Å²) in [4.78, 5) is 4.38. The SMILES string of the molecule is COc1ccc([C@@H]2C[C@@H](c3ccc(Br)cc3)Nc3ncnn32)cc1OC. The molecule has 0 fully saturated rings. The maximum absolute atomic E-state index is 5.47. The Hall–Kier alpha value is -2.54. The Bertz CT molecular complexity index is 910. The number of benzene rings is 2. The fourth-order valence-corrected chi connectivity index (χ4v) is 3.64. The number of ether oxygens (including phenoxy) is 2. The Balaban J connectivity index is 1.72. The van der Waals surface area contributed by atoms with E-state index in [1.165, 1.54) is 5.56 Å². The van der Waals surface area contributed by atoms with Crippen LogP contribution >= 0.6 is 15.9 Å². The number of nitrogens with one attached hydrogen (secondary N) is 1. The van der Waals surface area contributed by atoms with Crippen molar-refractivity contribution in [3.63, 3.8) is 0 Å². The fraction of sp³-hybridized carbons (Fsp3) is 0.263. The molecule has 1 aliphatic heterocycles. The molecule has 2 atom stereocenters. The van der Waals surface area contributed by atoms with Gasteiger partial charge in [0.1, 0.15) is 6.33 Å². The molecule has 2 heterocycles. The monoisotopic (exact) mass is 414 g/mol. The summed E-state index contributed by atoms with van der Waals surface area (Å²) >= 11 is 3.49. The predicted molar refractivity (Wildman–Crippen MR) is 103 cm³/mol. The van der Waals surface area contributed by atoms with Gasteiger partial charge >= 0.3 is 0 Å². The number of halogens is 1.